The van der Waals surface area contributed by atoms with Gasteiger partial charge in [-0.2, -0.15) is 0 Å². The summed E-state index contributed by atoms with van der Waals surface area (Å²) in [4.78, 5) is 25.4. The van der Waals surface area contributed by atoms with Crippen LogP contribution in [0.2, 0.25) is 0 Å². The van der Waals surface area contributed by atoms with Gasteiger partial charge in [-0.15, -0.1) is 24.0 Å². The van der Waals surface area contributed by atoms with Gasteiger partial charge in [0.25, 0.3) is 5.56 Å². The monoisotopic (exact) mass is 518 g/mol. The number of aryl methyl sites for hydroxylation is 1. The lowest BCUT2D eigenvalue weighted by Crippen LogP contribution is -2.53. The van der Waals surface area contributed by atoms with Crippen LogP contribution in [0.15, 0.2) is 64.6 Å². The highest BCUT2D eigenvalue weighted by Gasteiger charge is 2.22. The standard InChI is InChI=1S/C22H26N6O.HI/c1-23-22(25-16-18-8-5-7-17-6-3-4-9-19(17)18)28-14-12-27(13-15-28)20-21(29)26(2)11-10-24-20;/h3-11H,12-16H2,1-2H3,(H,23,25);1H. The molecule has 30 heavy (non-hydrogen) atoms. The number of piperazine rings is 1. The highest BCUT2D eigenvalue weighted by Crippen LogP contribution is 2.18. The zero-order valence-corrected chi connectivity index (χ0v) is 19.6. The smallest absolute Gasteiger partial charge is 0.293 e. The number of aliphatic imine (C=N–C) groups is 1. The number of nitrogens with one attached hydrogen (secondary N) is 1. The molecular formula is C22H27IN6O. The summed E-state index contributed by atoms with van der Waals surface area (Å²) in [5.41, 5.74) is 1.19. The van der Waals surface area contributed by atoms with Gasteiger partial charge in [0.1, 0.15) is 0 Å². The van der Waals surface area contributed by atoms with E-state index in [0.717, 1.165) is 38.7 Å². The van der Waals surface area contributed by atoms with E-state index in [1.807, 2.05) is 7.05 Å². The van der Waals surface area contributed by atoms with Gasteiger partial charge in [-0.3, -0.25) is 9.79 Å². The molecule has 0 saturated carbocycles. The average molecular weight is 518 g/mol. The van der Waals surface area contributed by atoms with E-state index in [2.05, 4.69) is 67.6 Å². The van der Waals surface area contributed by atoms with Crippen molar-refractivity contribution in [3.63, 3.8) is 0 Å². The quantitative estimate of drug-likeness (QED) is 0.328. The second-order valence-corrected chi connectivity index (χ2v) is 7.18. The van der Waals surface area contributed by atoms with Crippen LogP contribution in [0.5, 0.6) is 0 Å². The second-order valence-electron chi connectivity index (χ2n) is 7.18. The number of hydrogen-bond acceptors (Lipinski definition) is 4. The van der Waals surface area contributed by atoms with Gasteiger partial charge in [0.15, 0.2) is 11.8 Å². The molecule has 0 bridgehead atoms. The first-order valence-electron chi connectivity index (χ1n) is 9.86. The molecule has 2 heterocycles. The van der Waals surface area contributed by atoms with Crippen LogP contribution in [0, 0.1) is 0 Å². The predicted octanol–water partition coefficient (Wildman–Crippen LogP) is 2.45. The van der Waals surface area contributed by atoms with Crippen molar-refractivity contribution < 1.29 is 0 Å². The summed E-state index contributed by atoms with van der Waals surface area (Å²) < 4.78 is 1.57. The Morgan fingerprint density at radius 1 is 1.10 bits per heavy atom. The minimum Gasteiger partial charge on any atom is -0.352 e. The Balaban J connectivity index is 0.00000256. The predicted molar refractivity (Wildman–Crippen MR) is 133 cm³/mol. The Morgan fingerprint density at radius 3 is 2.60 bits per heavy atom. The van der Waals surface area contributed by atoms with Crippen molar-refractivity contribution in [3.8, 4) is 0 Å². The highest BCUT2D eigenvalue weighted by molar-refractivity contribution is 14.0. The highest BCUT2D eigenvalue weighted by atomic mass is 127. The van der Waals surface area contributed by atoms with Gasteiger partial charge in [-0.25, -0.2) is 4.98 Å². The van der Waals surface area contributed by atoms with Crippen LogP contribution < -0.4 is 15.8 Å². The molecule has 0 aliphatic carbocycles. The Hall–Kier alpha value is -2.62. The zero-order chi connectivity index (χ0) is 20.2. The van der Waals surface area contributed by atoms with Crippen molar-refractivity contribution in [2.24, 2.45) is 12.0 Å². The van der Waals surface area contributed by atoms with Gasteiger partial charge >= 0.3 is 0 Å². The van der Waals surface area contributed by atoms with Crippen LogP contribution in [-0.4, -0.2) is 53.6 Å². The fraction of sp³-hybridized carbons (Fsp3) is 0.318. The lowest BCUT2D eigenvalue weighted by atomic mass is 10.0. The largest absolute Gasteiger partial charge is 0.352 e. The maximum atomic E-state index is 12.3. The molecule has 1 saturated heterocycles. The maximum Gasteiger partial charge on any atom is 0.293 e. The normalized spacial score (nSPS) is 14.5. The molecule has 2 aromatic carbocycles. The molecule has 1 fully saturated rings. The molecule has 3 aromatic rings. The summed E-state index contributed by atoms with van der Waals surface area (Å²) in [6, 6.07) is 14.8. The number of rotatable bonds is 3. The molecule has 1 aliphatic rings. The molecule has 0 radical (unpaired) electrons. The van der Waals surface area contributed by atoms with Gasteiger partial charge < -0.3 is 19.7 Å². The van der Waals surface area contributed by atoms with Gasteiger partial charge in [0, 0.05) is 59.2 Å². The van der Waals surface area contributed by atoms with E-state index < -0.39 is 0 Å². The zero-order valence-electron chi connectivity index (χ0n) is 17.3. The first-order valence-corrected chi connectivity index (χ1v) is 9.86. The molecule has 1 N–H and O–H groups in total. The Morgan fingerprint density at radius 2 is 1.83 bits per heavy atom. The number of aromatic nitrogens is 2. The third kappa shape index (κ3) is 4.58. The summed E-state index contributed by atoms with van der Waals surface area (Å²) in [5.74, 6) is 1.40. The molecule has 7 nitrogen and oxygen atoms in total. The number of guanidine groups is 1. The summed E-state index contributed by atoms with van der Waals surface area (Å²) in [7, 11) is 3.56. The van der Waals surface area contributed by atoms with E-state index in [9.17, 15) is 4.79 Å². The number of halogens is 1. The molecule has 1 aromatic heterocycles. The average Bonchev–Trinajstić information content (AvgIpc) is 2.77. The van der Waals surface area contributed by atoms with Crippen LogP contribution in [0.4, 0.5) is 5.82 Å². The molecule has 0 atom stereocenters. The van der Waals surface area contributed by atoms with Crippen molar-refractivity contribution in [2.75, 3.05) is 38.1 Å². The van der Waals surface area contributed by atoms with Crippen molar-refractivity contribution in [2.45, 2.75) is 6.54 Å². The minimum absolute atomic E-state index is 0. The van der Waals surface area contributed by atoms with Crippen molar-refractivity contribution in [1.82, 2.24) is 19.8 Å². The van der Waals surface area contributed by atoms with Crippen LogP contribution >= 0.6 is 24.0 Å². The van der Waals surface area contributed by atoms with Crippen LogP contribution in [0.1, 0.15) is 5.56 Å². The van der Waals surface area contributed by atoms with Gasteiger partial charge in [-0.05, 0) is 16.3 Å². The number of fused-ring (bicyclic) bond motifs is 1. The van der Waals surface area contributed by atoms with E-state index in [1.54, 1.807) is 24.0 Å². The molecule has 4 rings (SSSR count). The lowest BCUT2D eigenvalue weighted by molar-refractivity contribution is 0.370. The number of anilines is 1. The van der Waals surface area contributed by atoms with E-state index in [0.29, 0.717) is 5.82 Å². The minimum atomic E-state index is -0.0561. The third-order valence-corrected chi connectivity index (χ3v) is 5.41. The molecule has 0 spiro atoms. The summed E-state index contributed by atoms with van der Waals surface area (Å²) in [5, 5.41) is 6.00. The van der Waals surface area contributed by atoms with Gasteiger partial charge in [0.2, 0.25) is 0 Å². The Labute approximate surface area is 193 Å². The van der Waals surface area contributed by atoms with Crippen LogP contribution in [0.25, 0.3) is 10.8 Å². The van der Waals surface area contributed by atoms with Crippen molar-refractivity contribution in [1.29, 1.82) is 0 Å². The number of hydrogen-bond donors (Lipinski definition) is 1. The number of nitrogens with zero attached hydrogens (tertiary/aromatic N) is 5. The van der Waals surface area contributed by atoms with Crippen molar-refractivity contribution in [3.05, 3.63) is 70.8 Å². The third-order valence-electron chi connectivity index (χ3n) is 5.41. The lowest BCUT2D eigenvalue weighted by Gasteiger charge is -2.36. The summed E-state index contributed by atoms with van der Waals surface area (Å²) >= 11 is 0. The van der Waals surface area contributed by atoms with Crippen molar-refractivity contribution >= 4 is 46.5 Å². The van der Waals surface area contributed by atoms with Crippen LogP contribution in [0.3, 0.4) is 0 Å². The van der Waals surface area contributed by atoms with E-state index in [4.69, 9.17) is 0 Å². The van der Waals surface area contributed by atoms with Crippen LogP contribution in [-0.2, 0) is 13.6 Å². The van der Waals surface area contributed by atoms with Gasteiger partial charge in [-0.1, -0.05) is 42.5 Å². The number of benzene rings is 2. The molecule has 0 amide bonds. The van der Waals surface area contributed by atoms with Gasteiger partial charge in [0.05, 0.1) is 0 Å². The Bertz CT molecular complexity index is 1080. The summed E-state index contributed by atoms with van der Waals surface area (Å²) in [6.07, 6.45) is 3.36. The fourth-order valence-corrected chi connectivity index (χ4v) is 3.78. The maximum absolute atomic E-state index is 12.3. The fourth-order valence-electron chi connectivity index (χ4n) is 3.78. The molecule has 8 heteroatoms. The first-order chi connectivity index (χ1) is 14.2. The topological polar surface area (TPSA) is 65.8 Å². The van der Waals surface area contributed by atoms with E-state index in [1.165, 1.54) is 16.3 Å². The molecule has 0 unspecified atom stereocenters. The SMILES string of the molecule is CN=C(NCc1cccc2ccccc12)N1CCN(c2nccn(C)c2=O)CC1.I. The first kappa shape index (κ1) is 22.1. The molecular weight excluding hydrogens is 491 g/mol. The van der Waals surface area contributed by atoms with E-state index in [-0.39, 0.29) is 29.5 Å². The summed E-state index contributed by atoms with van der Waals surface area (Å²) in [6.45, 7) is 3.77. The molecule has 158 valence electrons. The Kier molecular flexibility index (Phi) is 7.30. The molecule has 1 aliphatic heterocycles. The second kappa shape index (κ2) is 9.92. The van der Waals surface area contributed by atoms with E-state index >= 15 is 0 Å².